The number of rotatable bonds is 20. The van der Waals surface area contributed by atoms with Gasteiger partial charge in [-0.25, -0.2) is 0 Å². The Morgan fingerprint density at radius 3 is 2.37 bits per heavy atom. The highest BCUT2D eigenvalue weighted by atomic mass is 32.2. The summed E-state index contributed by atoms with van der Waals surface area (Å²) in [4.78, 5) is 27.7. The number of nitrogens with one attached hydrogen (secondary N) is 2. The summed E-state index contributed by atoms with van der Waals surface area (Å²) in [7, 11) is 1.18. The van der Waals surface area contributed by atoms with Gasteiger partial charge < -0.3 is 60.1 Å². The summed E-state index contributed by atoms with van der Waals surface area (Å²) in [5, 5.41) is 72.5. The fourth-order valence-electron chi connectivity index (χ4n) is 3.47. The van der Waals surface area contributed by atoms with E-state index in [0.29, 0.717) is 18.7 Å². The molecule has 8 unspecified atom stereocenters. The maximum atomic E-state index is 11.9. The van der Waals surface area contributed by atoms with Gasteiger partial charge in [0.1, 0.15) is 55.1 Å². The molecular formula is C22H42N2O13S. The Bertz CT molecular complexity index is 673. The van der Waals surface area contributed by atoms with E-state index in [9.17, 15) is 45.3 Å². The quantitative estimate of drug-likeness (QED) is 0.0382. The number of carbonyl (C=O) groups excluding carboxylic acids is 2. The van der Waals surface area contributed by atoms with Crippen LogP contribution in [0, 0.1) is 0 Å². The molecule has 0 spiro atoms. The molecule has 38 heavy (non-hydrogen) atoms. The molecule has 9 N–H and O–H groups in total. The van der Waals surface area contributed by atoms with Crippen molar-refractivity contribution in [2.75, 3.05) is 45.0 Å². The number of methoxy groups -OCH3 is 1. The number of hydroxylamine groups is 1. The largest absolute Gasteiger partial charge is 0.394 e. The molecule has 1 aliphatic heterocycles. The van der Waals surface area contributed by atoms with E-state index in [4.69, 9.17) is 19.0 Å². The first-order chi connectivity index (χ1) is 18.1. The fraction of sp³-hybridized carbons (Fsp3) is 0.909. The Morgan fingerprint density at radius 2 is 1.76 bits per heavy atom. The average molecular weight is 575 g/mol. The third-order valence-electron chi connectivity index (χ3n) is 5.69. The van der Waals surface area contributed by atoms with Crippen molar-refractivity contribution in [3.8, 4) is 0 Å². The van der Waals surface area contributed by atoms with E-state index in [1.54, 1.807) is 18.7 Å². The Hall–Kier alpha value is -0.990. The Kier molecular flexibility index (Phi) is 17.7. The van der Waals surface area contributed by atoms with Gasteiger partial charge in [0.25, 0.3) is 0 Å². The number of aliphatic hydroxyl groups is 7. The molecule has 0 aromatic carbocycles. The standard InChI is InChI=1S/C22H42N2O13S/c1-12(27)5-3-4-7-38-8-6-23-15(28)11-35-24-21(33)19(32)20(14(10-26)34-2)37-22-18(31)17(30)16(29)13(9-25)36-22/h13-14,16-22,24-26,29-33H,3-11H2,1-2H3,(H,23,28)/t13?,14?,16?,17?,18?,19?,20?,21-,22?/m0/s1. The first-order valence-electron chi connectivity index (χ1n) is 12.2. The Labute approximate surface area is 225 Å². The van der Waals surface area contributed by atoms with Gasteiger partial charge in [-0.05, 0) is 25.5 Å². The SMILES string of the molecule is COC(CO)C(OC1OC(CO)C(O)C(O)C1O)C(O)[C@H](O)NOCC(=O)NCCSCCCCC(C)=O. The zero-order valence-corrected chi connectivity index (χ0v) is 22.4. The first kappa shape index (κ1) is 35.0. The molecule has 0 bridgehead atoms. The summed E-state index contributed by atoms with van der Waals surface area (Å²) in [6.45, 7) is 0.0258. The van der Waals surface area contributed by atoms with Crippen molar-refractivity contribution in [2.24, 2.45) is 0 Å². The van der Waals surface area contributed by atoms with Gasteiger partial charge in [0.15, 0.2) is 12.5 Å². The molecule has 9 atom stereocenters. The highest BCUT2D eigenvalue weighted by Crippen LogP contribution is 2.25. The van der Waals surface area contributed by atoms with Gasteiger partial charge in [0.05, 0.1) is 13.2 Å². The molecular weight excluding hydrogens is 532 g/mol. The van der Waals surface area contributed by atoms with Crippen LogP contribution in [0.15, 0.2) is 0 Å². The van der Waals surface area contributed by atoms with Gasteiger partial charge in [-0.3, -0.25) is 9.63 Å². The predicted octanol–water partition coefficient (Wildman–Crippen LogP) is -4.01. The second-order valence-electron chi connectivity index (χ2n) is 8.72. The minimum Gasteiger partial charge on any atom is -0.394 e. The first-order valence-corrected chi connectivity index (χ1v) is 13.4. The smallest absolute Gasteiger partial charge is 0.248 e. The van der Waals surface area contributed by atoms with Crippen molar-refractivity contribution < 1.29 is 64.4 Å². The van der Waals surface area contributed by atoms with Crippen LogP contribution in [0.4, 0.5) is 0 Å². The highest BCUT2D eigenvalue weighted by molar-refractivity contribution is 7.99. The number of carbonyl (C=O) groups is 2. The molecule has 0 aromatic heterocycles. The van der Waals surface area contributed by atoms with E-state index >= 15 is 0 Å². The molecule has 1 heterocycles. The van der Waals surface area contributed by atoms with Crippen molar-refractivity contribution in [2.45, 2.75) is 81.4 Å². The Balaban J connectivity index is 2.50. The van der Waals surface area contributed by atoms with Gasteiger partial charge in [-0.2, -0.15) is 17.2 Å². The fourth-order valence-corrected chi connectivity index (χ4v) is 4.33. The number of aliphatic hydroxyl groups excluding tert-OH is 7. The molecule has 16 heteroatoms. The van der Waals surface area contributed by atoms with Crippen molar-refractivity contribution in [3.05, 3.63) is 0 Å². The van der Waals surface area contributed by atoms with E-state index in [0.717, 1.165) is 18.6 Å². The van der Waals surface area contributed by atoms with Crippen molar-refractivity contribution in [1.29, 1.82) is 0 Å². The zero-order valence-electron chi connectivity index (χ0n) is 21.5. The lowest BCUT2D eigenvalue weighted by molar-refractivity contribution is -0.329. The van der Waals surface area contributed by atoms with Crippen LogP contribution in [0.3, 0.4) is 0 Å². The van der Waals surface area contributed by atoms with Crippen LogP contribution in [-0.4, -0.2) is 148 Å². The van der Waals surface area contributed by atoms with Crippen molar-refractivity contribution >= 4 is 23.5 Å². The van der Waals surface area contributed by atoms with Crippen molar-refractivity contribution in [1.82, 2.24) is 10.8 Å². The molecule has 1 fully saturated rings. The normalized spacial score (nSPS) is 26.9. The average Bonchev–Trinajstić information content (AvgIpc) is 2.89. The number of hydrogen-bond donors (Lipinski definition) is 9. The maximum Gasteiger partial charge on any atom is 0.248 e. The van der Waals surface area contributed by atoms with E-state index in [-0.39, 0.29) is 5.78 Å². The molecule has 0 radical (unpaired) electrons. The number of amides is 1. The molecule has 0 aliphatic carbocycles. The lowest BCUT2D eigenvalue weighted by Gasteiger charge is -2.42. The molecule has 0 saturated carbocycles. The molecule has 1 aliphatic rings. The molecule has 1 saturated heterocycles. The summed E-state index contributed by atoms with van der Waals surface area (Å²) in [6, 6.07) is 0. The minimum atomic E-state index is -1.87. The second-order valence-corrected chi connectivity index (χ2v) is 9.94. The summed E-state index contributed by atoms with van der Waals surface area (Å²) in [5.41, 5.74) is 2.08. The number of unbranched alkanes of at least 4 members (excludes halogenated alkanes) is 1. The minimum absolute atomic E-state index is 0.164. The third-order valence-corrected chi connectivity index (χ3v) is 6.76. The highest BCUT2D eigenvalue weighted by Gasteiger charge is 2.47. The third kappa shape index (κ3) is 12.0. The van der Waals surface area contributed by atoms with E-state index in [1.165, 1.54) is 7.11 Å². The van der Waals surface area contributed by atoms with Crippen LogP contribution < -0.4 is 10.8 Å². The van der Waals surface area contributed by atoms with Gasteiger partial charge in [-0.15, -0.1) is 0 Å². The number of thioether (sulfide) groups is 1. The van der Waals surface area contributed by atoms with Crippen LogP contribution in [0.2, 0.25) is 0 Å². The molecule has 224 valence electrons. The molecule has 1 rings (SSSR count). The Morgan fingerprint density at radius 1 is 1.05 bits per heavy atom. The predicted molar refractivity (Wildman–Crippen MR) is 132 cm³/mol. The summed E-state index contributed by atoms with van der Waals surface area (Å²) >= 11 is 1.63. The van der Waals surface area contributed by atoms with Gasteiger partial charge in [0, 0.05) is 25.8 Å². The monoisotopic (exact) mass is 574 g/mol. The summed E-state index contributed by atoms with van der Waals surface area (Å²) in [5.74, 6) is 1.21. The number of ketones is 1. The van der Waals surface area contributed by atoms with Crippen LogP contribution in [-0.2, 0) is 28.6 Å². The summed E-state index contributed by atoms with van der Waals surface area (Å²) < 4.78 is 15.8. The lowest BCUT2D eigenvalue weighted by Crippen LogP contribution is -2.62. The molecule has 0 aromatic rings. The van der Waals surface area contributed by atoms with Crippen LogP contribution >= 0.6 is 11.8 Å². The number of ether oxygens (including phenoxy) is 3. The van der Waals surface area contributed by atoms with E-state index < -0.39 is 81.0 Å². The number of hydrogen-bond acceptors (Lipinski definition) is 15. The summed E-state index contributed by atoms with van der Waals surface area (Å²) in [6.07, 6.45) is -12.4. The van der Waals surface area contributed by atoms with E-state index in [2.05, 4.69) is 10.8 Å². The van der Waals surface area contributed by atoms with Crippen LogP contribution in [0.5, 0.6) is 0 Å². The van der Waals surface area contributed by atoms with Crippen molar-refractivity contribution in [3.63, 3.8) is 0 Å². The molecule has 1 amide bonds. The maximum absolute atomic E-state index is 11.9. The van der Waals surface area contributed by atoms with Crippen LogP contribution in [0.1, 0.15) is 26.2 Å². The lowest BCUT2D eigenvalue weighted by atomic mass is 9.99. The second kappa shape index (κ2) is 19.1. The topological polar surface area (TPSA) is 237 Å². The number of Topliss-reactive ketones (excluding diaryl/α,β-unsaturated/α-hetero) is 1. The van der Waals surface area contributed by atoms with Gasteiger partial charge >= 0.3 is 0 Å². The van der Waals surface area contributed by atoms with Crippen LogP contribution in [0.25, 0.3) is 0 Å². The van der Waals surface area contributed by atoms with Gasteiger partial charge in [-0.1, -0.05) is 0 Å². The van der Waals surface area contributed by atoms with Gasteiger partial charge in [0.2, 0.25) is 5.91 Å². The zero-order chi connectivity index (χ0) is 28.7. The molecule has 15 nitrogen and oxygen atoms in total. The van der Waals surface area contributed by atoms with E-state index in [1.807, 2.05) is 0 Å².